The summed E-state index contributed by atoms with van der Waals surface area (Å²) in [5, 5.41) is 18.3. The minimum absolute atomic E-state index is 0.161. The van der Waals surface area contributed by atoms with Gasteiger partial charge in [-0.3, -0.25) is 4.98 Å². The van der Waals surface area contributed by atoms with Gasteiger partial charge in [0.25, 0.3) is 0 Å². The summed E-state index contributed by atoms with van der Waals surface area (Å²) in [5.74, 6) is 0. The fraction of sp³-hybridized carbons (Fsp3) is 0.435. The van der Waals surface area contributed by atoms with E-state index in [1.807, 2.05) is 13.2 Å². The molecule has 0 bridgehead atoms. The summed E-state index contributed by atoms with van der Waals surface area (Å²) in [7, 11) is 4.05. The van der Waals surface area contributed by atoms with Gasteiger partial charge >= 0.3 is 0 Å². The Balaban J connectivity index is 1.65. The summed E-state index contributed by atoms with van der Waals surface area (Å²) < 4.78 is 2.18. The molecule has 3 aromatic rings. The molecule has 1 aliphatic heterocycles. The number of aliphatic hydroxyl groups excluding tert-OH is 1. The van der Waals surface area contributed by atoms with Crippen molar-refractivity contribution in [1.29, 1.82) is 0 Å². The maximum absolute atomic E-state index is 10.1. The van der Waals surface area contributed by atoms with Crippen LogP contribution in [0, 0.1) is 0 Å². The second kappa shape index (κ2) is 8.03. The molecule has 0 spiro atoms. The van der Waals surface area contributed by atoms with E-state index in [2.05, 4.69) is 69.8 Å². The molecule has 1 fully saturated rings. The standard InChI is InChI=1S/C23H30N4O/c1-24-13-11-23(16-28)10-5-7-20(26-23)21-14-17(9-12-25-21)19-15-27(2)22-8-4-3-6-18(19)22/h3-4,6,8-9,12,14-15,20,24,26,28H,5,7,10-11,13,16H2,1-2H3/t20-,23+/m1/s1. The summed E-state index contributed by atoms with van der Waals surface area (Å²) in [6.45, 7) is 1.05. The lowest BCUT2D eigenvalue weighted by atomic mass is 9.82. The molecular formula is C23H30N4O. The first-order valence-corrected chi connectivity index (χ1v) is 10.2. The lowest BCUT2D eigenvalue weighted by Crippen LogP contribution is -2.54. The molecule has 2 atom stereocenters. The van der Waals surface area contributed by atoms with Gasteiger partial charge in [-0.2, -0.15) is 0 Å². The zero-order valence-electron chi connectivity index (χ0n) is 16.8. The van der Waals surface area contributed by atoms with Crippen LogP contribution in [0.25, 0.3) is 22.0 Å². The van der Waals surface area contributed by atoms with E-state index in [1.54, 1.807) is 0 Å². The van der Waals surface area contributed by atoms with Crippen LogP contribution >= 0.6 is 0 Å². The van der Waals surface area contributed by atoms with Crippen LogP contribution in [-0.2, 0) is 7.05 Å². The lowest BCUT2D eigenvalue weighted by Gasteiger charge is -2.41. The van der Waals surface area contributed by atoms with Gasteiger partial charge in [0.2, 0.25) is 0 Å². The highest BCUT2D eigenvalue weighted by Gasteiger charge is 2.35. The quantitative estimate of drug-likeness (QED) is 0.615. The number of hydrogen-bond donors (Lipinski definition) is 3. The van der Waals surface area contributed by atoms with Crippen LogP contribution in [-0.4, -0.2) is 40.4 Å². The normalized spacial score (nSPS) is 22.6. The van der Waals surface area contributed by atoms with Crippen LogP contribution in [0.3, 0.4) is 0 Å². The molecule has 2 aromatic heterocycles. The van der Waals surface area contributed by atoms with E-state index in [-0.39, 0.29) is 18.2 Å². The number of benzene rings is 1. The molecule has 28 heavy (non-hydrogen) atoms. The van der Waals surface area contributed by atoms with Crippen LogP contribution in [0.4, 0.5) is 0 Å². The van der Waals surface area contributed by atoms with Gasteiger partial charge in [-0.15, -0.1) is 0 Å². The molecule has 5 heteroatoms. The Labute approximate surface area is 166 Å². The summed E-state index contributed by atoms with van der Waals surface area (Å²) in [4.78, 5) is 4.69. The largest absolute Gasteiger partial charge is 0.394 e. The van der Waals surface area contributed by atoms with Gasteiger partial charge in [-0.05, 0) is 63.0 Å². The van der Waals surface area contributed by atoms with Crippen molar-refractivity contribution in [3.8, 4) is 11.1 Å². The SMILES string of the molecule is CNCC[C@]1(CO)CCC[C@H](c2cc(-c3cn(C)c4ccccc34)ccn2)N1. The van der Waals surface area contributed by atoms with Crippen LogP contribution in [0.2, 0.25) is 0 Å². The van der Waals surface area contributed by atoms with Gasteiger partial charge in [0.05, 0.1) is 12.3 Å². The van der Waals surface area contributed by atoms with Gasteiger partial charge in [-0.1, -0.05) is 18.2 Å². The Hall–Kier alpha value is -2.21. The predicted molar refractivity (Wildman–Crippen MR) is 114 cm³/mol. The fourth-order valence-corrected chi connectivity index (χ4v) is 4.52. The number of aromatic nitrogens is 2. The predicted octanol–water partition coefficient (Wildman–Crippen LogP) is 3.40. The van der Waals surface area contributed by atoms with E-state index in [0.29, 0.717) is 0 Å². The molecule has 1 aromatic carbocycles. The van der Waals surface area contributed by atoms with Crippen LogP contribution in [0.15, 0.2) is 48.8 Å². The van der Waals surface area contributed by atoms with Crippen molar-refractivity contribution in [2.24, 2.45) is 7.05 Å². The molecular weight excluding hydrogens is 348 g/mol. The van der Waals surface area contributed by atoms with Crippen molar-refractivity contribution in [1.82, 2.24) is 20.2 Å². The Morgan fingerprint density at radius 1 is 1.32 bits per heavy atom. The number of nitrogens with one attached hydrogen (secondary N) is 2. The smallest absolute Gasteiger partial charge is 0.0613 e. The molecule has 148 valence electrons. The fourth-order valence-electron chi connectivity index (χ4n) is 4.52. The molecule has 0 radical (unpaired) electrons. The Morgan fingerprint density at radius 3 is 3.00 bits per heavy atom. The maximum atomic E-state index is 10.1. The number of hydrogen-bond acceptors (Lipinski definition) is 4. The molecule has 0 aliphatic carbocycles. The monoisotopic (exact) mass is 378 g/mol. The highest BCUT2D eigenvalue weighted by Crippen LogP contribution is 2.35. The van der Waals surface area contributed by atoms with E-state index in [9.17, 15) is 5.11 Å². The average molecular weight is 379 g/mol. The van der Waals surface area contributed by atoms with Crippen molar-refractivity contribution < 1.29 is 5.11 Å². The molecule has 3 N–H and O–H groups in total. The Kier molecular flexibility index (Phi) is 5.49. The number of pyridine rings is 1. The Morgan fingerprint density at radius 2 is 2.18 bits per heavy atom. The maximum Gasteiger partial charge on any atom is 0.0613 e. The van der Waals surface area contributed by atoms with Crippen LogP contribution < -0.4 is 10.6 Å². The molecule has 0 unspecified atom stereocenters. The van der Waals surface area contributed by atoms with Crippen molar-refractivity contribution in [3.63, 3.8) is 0 Å². The van der Waals surface area contributed by atoms with Gasteiger partial charge in [0, 0.05) is 47.5 Å². The summed E-state index contributed by atoms with van der Waals surface area (Å²) in [5.41, 5.74) is 4.51. The number of fused-ring (bicyclic) bond motifs is 1. The first-order chi connectivity index (χ1) is 13.7. The summed E-state index contributed by atoms with van der Waals surface area (Å²) in [6.07, 6.45) is 8.18. The van der Waals surface area contributed by atoms with E-state index in [1.165, 1.54) is 22.0 Å². The van der Waals surface area contributed by atoms with Gasteiger partial charge < -0.3 is 20.3 Å². The van der Waals surface area contributed by atoms with E-state index >= 15 is 0 Å². The highest BCUT2D eigenvalue weighted by molar-refractivity contribution is 5.96. The second-order valence-corrected chi connectivity index (χ2v) is 8.02. The Bertz CT molecular complexity index is 951. The number of aryl methyl sites for hydroxylation is 1. The van der Waals surface area contributed by atoms with Crippen molar-refractivity contribution in [2.45, 2.75) is 37.3 Å². The zero-order chi connectivity index (χ0) is 19.6. The molecule has 1 aliphatic rings. The van der Waals surface area contributed by atoms with E-state index in [0.717, 1.165) is 37.9 Å². The topological polar surface area (TPSA) is 62.1 Å². The van der Waals surface area contributed by atoms with Crippen molar-refractivity contribution >= 4 is 10.9 Å². The van der Waals surface area contributed by atoms with Crippen molar-refractivity contribution in [3.05, 3.63) is 54.5 Å². The third-order valence-corrected chi connectivity index (χ3v) is 6.13. The molecule has 5 nitrogen and oxygen atoms in total. The first-order valence-electron chi connectivity index (χ1n) is 10.2. The third-order valence-electron chi connectivity index (χ3n) is 6.13. The molecule has 1 saturated heterocycles. The molecule has 4 rings (SSSR count). The number of aliphatic hydroxyl groups is 1. The van der Waals surface area contributed by atoms with Crippen molar-refractivity contribution in [2.75, 3.05) is 20.2 Å². The second-order valence-electron chi connectivity index (χ2n) is 8.02. The summed E-state index contributed by atoms with van der Waals surface area (Å²) in [6, 6.07) is 13.0. The molecule has 3 heterocycles. The lowest BCUT2D eigenvalue weighted by molar-refractivity contribution is 0.101. The number of rotatable bonds is 6. The zero-order valence-corrected chi connectivity index (χ0v) is 16.8. The first kappa shape index (κ1) is 19.1. The number of nitrogens with zero attached hydrogens (tertiary/aromatic N) is 2. The highest BCUT2D eigenvalue weighted by atomic mass is 16.3. The van der Waals surface area contributed by atoms with Crippen LogP contribution in [0.5, 0.6) is 0 Å². The van der Waals surface area contributed by atoms with E-state index < -0.39 is 0 Å². The number of para-hydroxylation sites is 1. The summed E-state index contributed by atoms with van der Waals surface area (Å²) >= 11 is 0. The molecule has 0 amide bonds. The molecule has 0 saturated carbocycles. The minimum Gasteiger partial charge on any atom is -0.394 e. The number of piperidine rings is 1. The van der Waals surface area contributed by atoms with Gasteiger partial charge in [0.1, 0.15) is 0 Å². The van der Waals surface area contributed by atoms with E-state index in [4.69, 9.17) is 0 Å². The third kappa shape index (κ3) is 3.58. The van der Waals surface area contributed by atoms with Gasteiger partial charge in [-0.25, -0.2) is 0 Å². The van der Waals surface area contributed by atoms with Crippen LogP contribution in [0.1, 0.15) is 37.4 Å². The minimum atomic E-state index is -0.219. The average Bonchev–Trinajstić information content (AvgIpc) is 3.09. The van der Waals surface area contributed by atoms with Gasteiger partial charge in [0.15, 0.2) is 0 Å².